The van der Waals surface area contributed by atoms with E-state index in [9.17, 15) is 5.11 Å². The van der Waals surface area contributed by atoms with Gasteiger partial charge < -0.3 is 5.11 Å². The highest BCUT2D eigenvalue weighted by molar-refractivity contribution is 5.73. The van der Waals surface area contributed by atoms with Gasteiger partial charge in [-0.05, 0) is 36.4 Å². The Kier molecular flexibility index (Phi) is 1.86. The van der Waals surface area contributed by atoms with Crippen molar-refractivity contribution in [3.63, 3.8) is 0 Å². The lowest BCUT2D eigenvalue weighted by Gasteiger charge is -1.98. The molecule has 0 radical (unpaired) electrons. The zero-order valence-corrected chi connectivity index (χ0v) is 8.41. The molecular weight excluding hydrogens is 202 g/mol. The van der Waals surface area contributed by atoms with E-state index < -0.39 is 0 Å². The van der Waals surface area contributed by atoms with Crippen molar-refractivity contribution in [1.29, 1.82) is 0 Å². The molecule has 16 heavy (non-hydrogen) atoms. The van der Waals surface area contributed by atoms with Crippen molar-refractivity contribution >= 4 is 11.0 Å². The van der Waals surface area contributed by atoms with E-state index in [1.807, 2.05) is 24.3 Å². The van der Waals surface area contributed by atoms with E-state index in [4.69, 9.17) is 0 Å². The molecule has 0 aliphatic rings. The molecule has 0 bridgehead atoms. The highest BCUT2D eigenvalue weighted by atomic mass is 16.3. The first-order valence-corrected chi connectivity index (χ1v) is 4.94. The topological polar surface area (TPSA) is 50.9 Å². The molecule has 0 saturated heterocycles. The van der Waals surface area contributed by atoms with Crippen molar-refractivity contribution in [3.8, 4) is 11.4 Å². The van der Waals surface area contributed by atoms with Crippen molar-refractivity contribution in [3.05, 3.63) is 48.5 Å². The molecule has 0 saturated carbocycles. The lowest BCUT2D eigenvalue weighted by Crippen LogP contribution is -1.97. The summed E-state index contributed by atoms with van der Waals surface area (Å²) in [6.45, 7) is 0. The van der Waals surface area contributed by atoms with E-state index in [1.54, 1.807) is 29.1 Å². The summed E-state index contributed by atoms with van der Waals surface area (Å²) in [5, 5.41) is 17.9. The minimum absolute atomic E-state index is 0.237. The van der Waals surface area contributed by atoms with Gasteiger partial charge in [0.05, 0.1) is 5.69 Å². The van der Waals surface area contributed by atoms with Crippen molar-refractivity contribution < 1.29 is 5.11 Å². The first-order chi connectivity index (χ1) is 7.83. The van der Waals surface area contributed by atoms with E-state index in [0.717, 1.165) is 16.7 Å². The van der Waals surface area contributed by atoms with Gasteiger partial charge >= 0.3 is 0 Å². The quantitative estimate of drug-likeness (QED) is 0.670. The molecule has 3 rings (SSSR count). The average Bonchev–Trinajstić information content (AvgIpc) is 2.73. The maximum absolute atomic E-state index is 9.19. The number of hydrogen-bond donors (Lipinski definition) is 1. The lowest BCUT2D eigenvalue weighted by molar-refractivity contribution is 0.475. The van der Waals surface area contributed by atoms with Gasteiger partial charge in [-0.1, -0.05) is 12.1 Å². The fourth-order valence-corrected chi connectivity index (χ4v) is 1.56. The molecule has 1 aromatic heterocycles. The first-order valence-electron chi connectivity index (χ1n) is 4.94. The van der Waals surface area contributed by atoms with E-state index in [-0.39, 0.29) is 5.75 Å². The third-order valence-electron chi connectivity index (χ3n) is 2.37. The minimum atomic E-state index is 0.237. The summed E-state index contributed by atoms with van der Waals surface area (Å²) in [5.74, 6) is 0.237. The molecule has 0 atom stereocenters. The standard InChI is InChI=1S/C12H9N3O/c16-10-7-5-9(6-8-10)15-13-11-3-1-2-4-12(11)14-15/h1-8,16H. The number of phenolic OH excluding ortho intramolecular Hbond substituents is 1. The van der Waals surface area contributed by atoms with E-state index in [0.29, 0.717) is 0 Å². The maximum atomic E-state index is 9.19. The Labute approximate surface area is 91.8 Å². The Balaban J connectivity index is 2.15. The molecular formula is C12H9N3O. The zero-order chi connectivity index (χ0) is 11.0. The van der Waals surface area contributed by atoms with Crippen molar-refractivity contribution in [2.75, 3.05) is 0 Å². The Morgan fingerprint density at radius 2 is 1.38 bits per heavy atom. The van der Waals surface area contributed by atoms with Crippen molar-refractivity contribution in [2.45, 2.75) is 0 Å². The van der Waals surface area contributed by atoms with Crippen LogP contribution in [0.25, 0.3) is 16.7 Å². The minimum Gasteiger partial charge on any atom is -0.508 e. The van der Waals surface area contributed by atoms with Crippen LogP contribution < -0.4 is 0 Å². The van der Waals surface area contributed by atoms with Gasteiger partial charge in [0.15, 0.2) is 0 Å². The molecule has 0 amide bonds. The largest absolute Gasteiger partial charge is 0.508 e. The molecule has 0 aliphatic carbocycles. The third-order valence-corrected chi connectivity index (χ3v) is 2.37. The van der Waals surface area contributed by atoms with Crippen LogP contribution in [0.1, 0.15) is 0 Å². The Morgan fingerprint density at radius 1 is 0.812 bits per heavy atom. The molecule has 0 unspecified atom stereocenters. The molecule has 78 valence electrons. The Hall–Kier alpha value is -2.36. The molecule has 0 aliphatic heterocycles. The molecule has 2 aromatic carbocycles. The number of aromatic nitrogens is 3. The van der Waals surface area contributed by atoms with Crippen LogP contribution in [0, 0.1) is 0 Å². The summed E-state index contributed by atoms with van der Waals surface area (Å²) in [6, 6.07) is 14.5. The second kappa shape index (κ2) is 3.34. The fourth-order valence-electron chi connectivity index (χ4n) is 1.56. The molecule has 4 nitrogen and oxygen atoms in total. The SMILES string of the molecule is Oc1ccc(-n2nc3ccccc3n2)cc1. The maximum Gasteiger partial charge on any atom is 0.115 e. The number of nitrogens with zero attached hydrogens (tertiary/aromatic N) is 3. The number of phenols is 1. The van der Waals surface area contributed by atoms with Crippen molar-refractivity contribution in [2.24, 2.45) is 0 Å². The number of benzene rings is 2. The molecule has 0 spiro atoms. The fraction of sp³-hybridized carbons (Fsp3) is 0. The number of fused-ring (bicyclic) bond motifs is 1. The second-order valence-corrected chi connectivity index (χ2v) is 3.49. The van der Waals surface area contributed by atoms with Crippen LogP contribution in [0.15, 0.2) is 48.5 Å². The van der Waals surface area contributed by atoms with Crippen LogP contribution in [0.5, 0.6) is 5.75 Å². The summed E-state index contributed by atoms with van der Waals surface area (Å²) in [4.78, 5) is 1.56. The monoisotopic (exact) mass is 211 g/mol. The van der Waals surface area contributed by atoms with Gasteiger partial charge in [-0.15, -0.1) is 10.2 Å². The average molecular weight is 211 g/mol. The number of aromatic hydroxyl groups is 1. The molecule has 1 N–H and O–H groups in total. The number of hydrogen-bond acceptors (Lipinski definition) is 3. The molecule has 4 heteroatoms. The highest BCUT2D eigenvalue weighted by Gasteiger charge is 2.02. The van der Waals surface area contributed by atoms with Gasteiger partial charge in [0.2, 0.25) is 0 Å². The third kappa shape index (κ3) is 1.40. The Bertz CT molecular complexity index is 595. The van der Waals surface area contributed by atoms with Gasteiger partial charge in [-0.3, -0.25) is 0 Å². The van der Waals surface area contributed by atoms with E-state index in [1.165, 1.54) is 0 Å². The van der Waals surface area contributed by atoms with Crippen LogP contribution in [0.3, 0.4) is 0 Å². The van der Waals surface area contributed by atoms with Crippen LogP contribution in [0.2, 0.25) is 0 Å². The number of rotatable bonds is 1. The van der Waals surface area contributed by atoms with Crippen LogP contribution in [-0.4, -0.2) is 20.1 Å². The van der Waals surface area contributed by atoms with Gasteiger partial charge in [0.1, 0.15) is 16.8 Å². The highest BCUT2D eigenvalue weighted by Crippen LogP contribution is 2.14. The summed E-state index contributed by atoms with van der Waals surface area (Å²) < 4.78 is 0. The van der Waals surface area contributed by atoms with Gasteiger partial charge in [0.25, 0.3) is 0 Å². The zero-order valence-electron chi connectivity index (χ0n) is 8.41. The second-order valence-electron chi connectivity index (χ2n) is 3.49. The predicted molar refractivity (Wildman–Crippen MR) is 60.5 cm³/mol. The summed E-state index contributed by atoms with van der Waals surface area (Å²) >= 11 is 0. The van der Waals surface area contributed by atoms with Crippen LogP contribution in [-0.2, 0) is 0 Å². The van der Waals surface area contributed by atoms with Crippen LogP contribution >= 0.6 is 0 Å². The van der Waals surface area contributed by atoms with Gasteiger partial charge in [0, 0.05) is 0 Å². The molecule has 0 fully saturated rings. The smallest absolute Gasteiger partial charge is 0.115 e. The lowest BCUT2D eigenvalue weighted by atomic mass is 10.3. The summed E-state index contributed by atoms with van der Waals surface area (Å²) in [7, 11) is 0. The predicted octanol–water partition coefficient (Wildman–Crippen LogP) is 2.13. The van der Waals surface area contributed by atoms with Gasteiger partial charge in [-0.2, -0.15) is 4.80 Å². The molecule has 3 aromatic rings. The Morgan fingerprint density at radius 3 is 1.94 bits per heavy atom. The normalized spacial score (nSPS) is 10.8. The van der Waals surface area contributed by atoms with Crippen molar-refractivity contribution in [1.82, 2.24) is 15.0 Å². The summed E-state index contributed by atoms with van der Waals surface area (Å²) in [6.07, 6.45) is 0. The first kappa shape index (κ1) is 8.91. The van der Waals surface area contributed by atoms with E-state index >= 15 is 0 Å². The van der Waals surface area contributed by atoms with Crippen LogP contribution in [0.4, 0.5) is 0 Å². The summed E-state index contributed by atoms with van der Waals surface area (Å²) in [5.41, 5.74) is 2.54. The van der Waals surface area contributed by atoms with E-state index in [2.05, 4.69) is 10.2 Å². The van der Waals surface area contributed by atoms with Gasteiger partial charge in [-0.25, -0.2) is 0 Å². The molecule has 1 heterocycles.